The summed E-state index contributed by atoms with van der Waals surface area (Å²) in [6, 6.07) is 3.31. The van der Waals surface area contributed by atoms with Crippen molar-refractivity contribution in [2.24, 2.45) is 0 Å². The summed E-state index contributed by atoms with van der Waals surface area (Å²) >= 11 is 5.85. The fourth-order valence-electron chi connectivity index (χ4n) is 1.89. The first-order chi connectivity index (χ1) is 11.3. The first-order valence-electron chi connectivity index (χ1n) is 7.53. The predicted molar refractivity (Wildman–Crippen MR) is 91.9 cm³/mol. The first-order valence-corrected chi connectivity index (χ1v) is 9.39. The molecule has 0 saturated heterocycles. The highest BCUT2D eigenvalue weighted by Crippen LogP contribution is 2.26. The number of methoxy groups -OCH3 is 1. The van der Waals surface area contributed by atoms with Crippen LogP contribution in [0.3, 0.4) is 0 Å². The van der Waals surface area contributed by atoms with Gasteiger partial charge < -0.3 is 14.8 Å². The number of rotatable bonds is 10. The quantitative estimate of drug-likeness (QED) is 0.602. The minimum Gasteiger partial charge on any atom is -0.495 e. The summed E-state index contributed by atoms with van der Waals surface area (Å²) in [5, 5.41) is 2.91. The number of amides is 1. The van der Waals surface area contributed by atoms with Crippen LogP contribution in [0.15, 0.2) is 23.1 Å². The molecule has 1 aromatic rings. The molecule has 0 bridgehead atoms. The second-order valence-electron chi connectivity index (χ2n) is 4.98. The van der Waals surface area contributed by atoms with Gasteiger partial charge in [-0.3, -0.25) is 4.79 Å². The van der Waals surface area contributed by atoms with Gasteiger partial charge in [-0.25, -0.2) is 8.42 Å². The lowest BCUT2D eigenvalue weighted by atomic mass is 10.3. The summed E-state index contributed by atoms with van der Waals surface area (Å²) in [5.74, 6) is -0.271. The van der Waals surface area contributed by atoms with Crippen LogP contribution in [0.2, 0.25) is 5.02 Å². The second-order valence-corrected chi connectivity index (χ2v) is 7.10. The average molecular weight is 379 g/mol. The van der Waals surface area contributed by atoms with Crippen LogP contribution in [0.1, 0.15) is 20.3 Å². The number of benzene rings is 1. The van der Waals surface area contributed by atoms with Gasteiger partial charge in [0.05, 0.1) is 13.2 Å². The predicted octanol–water partition coefficient (Wildman–Crippen LogP) is 1.56. The van der Waals surface area contributed by atoms with Gasteiger partial charge in [-0.1, -0.05) is 11.6 Å². The van der Waals surface area contributed by atoms with Gasteiger partial charge in [0.15, 0.2) is 0 Å². The Morgan fingerprint density at radius 1 is 1.38 bits per heavy atom. The van der Waals surface area contributed by atoms with Gasteiger partial charge in [-0.15, -0.1) is 0 Å². The summed E-state index contributed by atoms with van der Waals surface area (Å²) < 4.78 is 37.4. The third-order valence-corrected chi connectivity index (χ3v) is 4.91. The summed E-state index contributed by atoms with van der Waals surface area (Å²) in [7, 11) is -2.60. The maximum Gasteiger partial charge on any atom is 0.245 e. The largest absolute Gasteiger partial charge is 0.495 e. The van der Waals surface area contributed by atoms with Crippen LogP contribution in [0.25, 0.3) is 0 Å². The average Bonchev–Trinajstić information content (AvgIpc) is 2.54. The summed E-state index contributed by atoms with van der Waals surface area (Å²) in [5.41, 5.74) is 0. The van der Waals surface area contributed by atoms with E-state index in [0.717, 1.165) is 0 Å². The van der Waals surface area contributed by atoms with Crippen molar-refractivity contribution in [2.45, 2.75) is 31.2 Å². The lowest BCUT2D eigenvalue weighted by molar-refractivity contribution is -0.122. The highest BCUT2D eigenvalue weighted by atomic mass is 35.5. The smallest absolute Gasteiger partial charge is 0.245 e. The molecule has 0 spiro atoms. The van der Waals surface area contributed by atoms with Gasteiger partial charge in [0.25, 0.3) is 0 Å². The van der Waals surface area contributed by atoms with E-state index in [0.29, 0.717) is 26.2 Å². The van der Waals surface area contributed by atoms with Crippen molar-refractivity contribution in [3.05, 3.63) is 23.2 Å². The Bertz CT molecular complexity index is 651. The molecule has 0 aliphatic heterocycles. The Labute approximate surface area is 147 Å². The highest BCUT2D eigenvalue weighted by molar-refractivity contribution is 7.89. The van der Waals surface area contributed by atoms with E-state index in [9.17, 15) is 13.2 Å². The van der Waals surface area contributed by atoms with Crippen molar-refractivity contribution >= 4 is 27.5 Å². The molecule has 1 rings (SSSR count). The van der Waals surface area contributed by atoms with Crippen LogP contribution < -0.4 is 14.8 Å². The zero-order chi connectivity index (χ0) is 18.2. The molecular weight excluding hydrogens is 356 g/mol. The lowest BCUT2D eigenvalue weighted by Gasteiger charge is -2.16. The van der Waals surface area contributed by atoms with Gasteiger partial charge in [0.1, 0.15) is 10.6 Å². The molecule has 0 aromatic heterocycles. The van der Waals surface area contributed by atoms with Crippen LogP contribution in [-0.4, -0.2) is 47.2 Å². The van der Waals surface area contributed by atoms with E-state index in [2.05, 4.69) is 10.0 Å². The third kappa shape index (κ3) is 6.27. The van der Waals surface area contributed by atoms with E-state index in [4.69, 9.17) is 21.1 Å². The van der Waals surface area contributed by atoms with Crippen LogP contribution in [0.5, 0.6) is 5.75 Å². The van der Waals surface area contributed by atoms with Gasteiger partial charge in [0, 0.05) is 24.8 Å². The van der Waals surface area contributed by atoms with Gasteiger partial charge >= 0.3 is 0 Å². The molecule has 0 aliphatic carbocycles. The maximum absolute atomic E-state index is 12.4. The van der Waals surface area contributed by atoms with Crippen molar-refractivity contribution in [1.82, 2.24) is 10.0 Å². The number of hydrogen-bond donors (Lipinski definition) is 2. The monoisotopic (exact) mass is 378 g/mol. The fraction of sp³-hybridized carbons (Fsp3) is 0.533. The van der Waals surface area contributed by atoms with Crippen LogP contribution in [-0.2, 0) is 19.6 Å². The molecule has 0 saturated carbocycles. The summed E-state index contributed by atoms with van der Waals surface area (Å²) in [6.07, 6.45) is 0.654. The third-order valence-electron chi connectivity index (χ3n) is 3.11. The molecule has 0 heterocycles. The van der Waals surface area contributed by atoms with Crippen molar-refractivity contribution in [3.63, 3.8) is 0 Å². The molecule has 136 valence electrons. The van der Waals surface area contributed by atoms with Crippen molar-refractivity contribution in [1.29, 1.82) is 0 Å². The van der Waals surface area contributed by atoms with Crippen molar-refractivity contribution in [2.75, 3.05) is 26.9 Å². The van der Waals surface area contributed by atoms with E-state index in [1.165, 1.54) is 32.2 Å². The van der Waals surface area contributed by atoms with E-state index in [-0.39, 0.29) is 15.7 Å². The number of ether oxygens (including phenoxy) is 2. The van der Waals surface area contributed by atoms with E-state index in [1.807, 2.05) is 6.92 Å². The molecule has 1 amide bonds. The number of sulfonamides is 1. The van der Waals surface area contributed by atoms with Gasteiger partial charge in [-0.05, 0) is 38.5 Å². The lowest BCUT2D eigenvalue weighted by Crippen LogP contribution is -2.45. The van der Waals surface area contributed by atoms with Crippen LogP contribution >= 0.6 is 11.6 Å². The van der Waals surface area contributed by atoms with E-state index >= 15 is 0 Å². The number of halogens is 1. The minimum atomic E-state index is -3.95. The Hall–Kier alpha value is -1.35. The molecular formula is C15H23ClN2O5S. The molecule has 2 N–H and O–H groups in total. The minimum absolute atomic E-state index is 0.117. The molecule has 0 fully saturated rings. The van der Waals surface area contributed by atoms with Crippen molar-refractivity contribution in [3.8, 4) is 5.75 Å². The topological polar surface area (TPSA) is 93.7 Å². The second kappa shape index (κ2) is 9.83. The first kappa shape index (κ1) is 20.7. The van der Waals surface area contributed by atoms with E-state index in [1.54, 1.807) is 0 Å². The number of carbonyl (C=O) groups is 1. The van der Waals surface area contributed by atoms with E-state index < -0.39 is 22.0 Å². The molecule has 9 heteroatoms. The molecule has 1 aromatic carbocycles. The molecule has 1 atom stereocenters. The fourth-order valence-corrected chi connectivity index (χ4v) is 3.53. The molecule has 0 unspecified atom stereocenters. The maximum atomic E-state index is 12.4. The molecule has 7 nitrogen and oxygen atoms in total. The number of hydrogen-bond acceptors (Lipinski definition) is 5. The highest BCUT2D eigenvalue weighted by Gasteiger charge is 2.25. The molecule has 0 radical (unpaired) electrons. The van der Waals surface area contributed by atoms with Gasteiger partial charge in [-0.2, -0.15) is 4.72 Å². The molecule has 24 heavy (non-hydrogen) atoms. The Morgan fingerprint density at radius 2 is 2.08 bits per heavy atom. The Balaban J connectivity index is 2.69. The summed E-state index contributed by atoms with van der Waals surface area (Å²) in [4.78, 5) is 11.9. The summed E-state index contributed by atoms with van der Waals surface area (Å²) in [6.45, 7) is 4.92. The zero-order valence-electron chi connectivity index (χ0n) is 14.0. The zero-order valence-corrected chi connectivity index (χ0v) is 15.5. The van der Waals surface area contributed by atoms with Crippen LogP contribution in [0, 0.1) is 0 Å². The van der Waals surface area contributed by atoms with Gasteiger partial charge in [0.2, 0.25) is 15.9 Å². The Kier molecular flexibility index (Phi) is 8.47. The van der Waals surface area contributed by atoms with Crippen molar-refractivity contribution < 1.29 is 22.7 Å². The number of nitrogens with one attached hydrogen (secondary N) is 2. The Morgan fingerprint density at radius 3 is 2.71 bits per heavy atom. The SMILES string of the molecule is CCOCCCNC(=O)[C@@H](C)NS(=O)(=O)c1cc(Cl)ccc1OC. The normalized spacial score (nSPS) is 12.7. The molecule has 0 aliphatic rings. The number of carbonyl (C=O) groups excluding carboxylic acids is 1. The van der Waals surface area contributed by atoms with Crippen LogP contribution in [0.4, 0.5) is 0 Å². The standard InChI is InChI=1S/C15H23ClN2O5S/c1-4-23-9-5-8-17-15(19)11(2)18-24(20,21)14-10-12(16)6-7-13(14)22-3/h6-7,10-11,18H,4-5,8-9H2,1-3H3,(H,17,19)/t11-/m1/s1.